The Labute approximate surface area is 173 Å². The number of rotatable bonds is 3. The fourth-order valence-corrected chi connectivity index (χ4v) is 3.03. The zero-order valence-corrected chi connectivity index (χ0v) is 18.2. The number of likely N-dealkylation sites (tertiary alicyclic amines) is 1. The van der Waals surface area contributed by atoms with Crippen LogP contribution in [-0.2, 0) is 14.0 Å². The van der Waals surface area contributed by atoms with Crippen LogP contribution in [0.2, 0.25) is 0 Å². The Hall–Kier alpha value is -2.24. The van der Waals surface area contributed by atoms with Gasteiger partial charge in [0, 0.05) is 0 Å². The van der Waals surface area contributed by atoms with Crippen molar-refractivity contribution in [2.75, 3.05) is 13.1 Å². The molecular weight excluding hydrogens is 371 g/mol. The Morgan fingerprint density at radius 2 is 1.79 bits per heavy atom. The lowest BCUT2D eigenvalue weighted by Crippen LogP contribution is -2.57. The molecule has 2 fully saturated rings. The summed E-state index contributed by atoms with van der Waals surface area (Å²) < 4.78 is 23.4. The monoisotopic (exact) mass is 400 g/mol. The molecule has 3 rings (SSSR count). The van der Waals surface area contributed by atoms with Crippen LogP contribution >= 0.6 is 0 Å². The fourth-order valence-electron chi connectivity index (χ4n) is 3.03. The van der Waals surface area contributed by atoms with Gasteiger partial charge in [0.25, 0.3) is 0 Å². The third kappa shape index (κ3) is 4.52. The summed E-state index contributed by atoms with van der Waals surface area (Å²) in [7, 11) is -0.535. The molecule has 2 heterocycles. The van der Waals surface area contributed by atoms with Gasteiger partial charge >= 0.3 is 13.2 Å². The van der Waals surface area contributed by atoms with Gasteiger partial charge in [-0.05, 0) is 66.1 Å². The number of ether oxygens (including phenoxy) is 2. The first-order valence-electron chi connectivity index (χ1n) is 9.85. The number of carbonyl (C=O) groups excluding carboxylic acids is 1. The summed E-state index contributed by atoms with van der Waals surface area (Å²) in [6.45, 7) is 14.3. The summed E-state index contributed by atoms with van der Waals surface area (Å²) in [6, 6.07) is 7.52. The Balaban J connectivity index is 1.63. The van der Waals surface area contributed by atoms with Crippen LogP contribution in [0.5, 0.6) is 5.75 Å². The summed E-state index contributed by atoms with van der Waals surface area (Å²) in [6.07, 6.45) is -0.522. The van der Waals surface area contributed by atoms with E-state index in [9.17, 15) is 10.1 Å². The average Bonchev–Trinajstić information content (AvgIpc) is 2.76. The van der Waals surface area contributed by atoms with Crippen molar-refractivity contribution in [2.24, 2.45) is 0 Å². The zero-order chi connectivity index (χ0) is 21.6. The molecule has 0 aromatic heterocycles. The Bertz CT molecular complexity index is 818. The summed E-state index contributed by atoms with van der Waals surface area (Å²) in [5.74, 6) is 0.488. The SMILES string of the molecule is CC(C)(C)OC(=O)N1CC(Oc2ccc(B3OC(C)(C)C(C)(C)O3)cc2C#N)C1. The number of hydrogen-bond donors (Lipinski definition) is 0. The number of carbonyl (C=O) groups is 1. The minimum absolute atomic E-state index is 0.169. The van der Waals surface area contributed by atoms with E-state index in [1.54, 1.807) is 17.0 Å². The van der Waals surface area contributed by atoms with E-state index >= 15 is 0 Å². The third-order valence-electron chi connectivity index (χ3n) is 5.44. The van der Waals surface area contributed by atoms with Crippen LogP contribution in [0.4, 0.5) is 4.79 Å². The molecular formula is C21H29BN2O5. The second-order valence-electron chi connectivity index (χ2n) is 9.58. The lowest BCUT2D eigenvalue weighted by Gasteiger charge is -2.39. The third-order valence-corrected chi connectivity index (χ3v) is 5.44. The topological polar surface area (TPSA) is 81.0 Å². The molecule has 1 aromatic carbocycles. The fraction of sp³-hybridized carbons (Fsp3) is 0.619. The van der Waals surface area contributed by atoms with Gasteiger partial charge in [0.2, 0.25) is 0 Å². The highest BCUT2D eigenvalue weighted by Crippen LogP contribution is 2.36. The van der Waals surface area contributed by atoms with Gasteiger partial charge in [-0.1, -0.05) is 6.07 Å². The molecule has 0 bridgehead atoms. The van der Waals surface area contributed by atoms with Crippen molar-refractivity contribution in [1.82, 2.24) is 4.90 Å². The van der Waals surface area contributed by atoms with Crippen molar-refractivity contribution >= 4 is 18.7 Å². The molecule has 0 saturated carbocycles. The first-order valence-corrected chi connectivity index (χ1v) is 9.85. The lowest BCUT2D eigenvalue weighted by molar-refractivity contribution is -0.0222. The normalized spacial score (nSPS) is 20.8. The maximum atomic E-state index is 12.0. The van der Waals surface area contributed by atoms with Crippen molar-refractivity contribution in [3.05, 3.63) is 23.8 Å². The van der Waals surface area contributed by atoms with E-state index in [-0.39, 0.29) is 12.2 Å². The van der Waals surface area contributed by atoms with Crippen LogP contribution in [-0.4, -0.2) is 54.1 Å². The van der Waals surface area contributed by atoms with Crippen LogP contribution in [0.3, 0.4) is 0 Å². The quantitative estimate of drug-likeness (QED) is 0.726. The molecule has 1 aromatic rings. The first-order chi connectivity index (χ1) is 13.3. The maximum Gasteiger partial charge on any atom is 0.494 e. The maximum absolute atomic E-state index is 12.0. The minimum Gasteiger partial charge on any atom is -0.485 e. The summed E-state index contributed by atoms with van der Waals surface area (Å²) >= 11 is 0. The van der Waals surface area contributed by atoms with Crippen LogP contribution < -0.4 is 10.2 Å². The highest BCUT2D eigenvalue weighted by Gasteiger charge is 2.51. The van der Waals surface area contributed by atoms with E-state index in [2.05, 4.69) is 6.07 Å². The van der Waals surface area contributed by atoms with Gasteiger partial charge in [-0.15, -0.1) is 0 Å². The number of amides is 1. The van der Waals surface area contributed by atoms with Crippen molar-refractivity contribution in [1.29, 1.82) is 5.26 Å². The number of nitrogens with zero attached hydrogens (tertiary/aromatic N) is 2. The molecule has 29 heavy (non-hydrogen) atoms. The van der Waals surface area contributed by atoms with Gasteiger partial charge in [0.15, 0.2) is 0 Å². The molecule has 2 saturated heterocycles. The van der Waals surface area contributed by atoms with Crippen molar-refractivity contribution in [3.8, 4) is 11.8 Å². The summed E-state index contributed by atoms with van der Waals surface area (Å²) in [5, 5.41) is 9.57. The first kappa shape index (κ1) is 21.5. The van der Waals surface area contributed by atoms with Crippen LogP contribution in [0.1, 0.15) is 54.0 Å². The van der Waals surface area contributed by atoms with E-state index in [1.807, 2.05) is 54.5 Å². The molecule has 0 radical (unpaired) electrons. The lowest BCUT2D eigenvalue weighted by atomic mass is 9.78. The van der Waals surface area contributed by atoms with E-state index in [4.69, 9.17) is 18.8 Å². The number of benzene rings is 1. The van der Waals surface area contributed by atoms with E-state index in [0.717, 1.165) is 5.46 Å². The predicted octanol–water partition coefficient (Wildman–Crippen LogP) is 2.86. The Morgan fingerprint density at radius 1 is 1.21 bits per heavy atom. The van der Waals surface area contributed by atoms with E-state index < -0.39 is 23.9 Å². The van der Waals surface area contributed by atoms with E-state index in [0.29, 0.717) is 24.4 Å². The van der Waals surface area contributed by atoms with Crippen molar-refractivity contribution in [2.45, 2.75) is 71.4 Å². The summed E-state index contributed by atoms with van der Waals surface area (Å²) in [4.78, 5) is 13.6. The molecule has 0 spiro atoms. The standard InChI is InChI=1S/C21H29BN2O5/c1-19(2,3)27-18(25)24-12-16(13-24)26-17-9-8-15(10-14(17)11-23)22-28-20(4,5)21(6,7)29-22/h8-10,16H,12-13H2,1-7H3. The van der Waals surface area contributed by atoms with Gasteiger partial charge in [-0.2, -0.15) is 5.26 Å². The van der Waals surface area contributed by atoms with Gasteiger partial charge < -0.3 is 23.7 Å². The predicted molar refractivity (Wildman–Crippen MR) is 109 cm³/mol. The second kappa shape index (κ2) is 7.23. The molecule has 156 valence electrons. The molecule has 2 aliphatic heterocycles. The van der Waals surface area contributed by atoms with Gasteiger partial charge in [-0.25, -0.2) is 4.79 Å². The average molecular weight is 400 g/mol. The Kier molecular flexibility index (Phi) is 5.35. The molecule has 0 unspecified atom stereocenters. The molecule has 0 aliphatic carbocycles. The molecule has 0 atom stereocenters. The summed E-state index contributed by atoms with van der Waals surface area (Å²) in [5.41, 5.74) is -0.238. The zero-order valence-electron chi connectivity index (χ0n) is 18.2. The molecule has 0 N–H and O–H groups in total. The molecule has 1 amide bonds. The largest absolute Gasteiger partial charge is 0.494 e. The smallest absolute Gasteiger partial charge is 0.485 e. The van der Waals surface area contributed by atoms with Crippen molar-refractivity contribution in [3.63, 3.8) is 0 Å². The number of nitriles is 1. The van der Waals surface area contributed by atoms with Gasteiger partial charge in [0.05, 0.1) is 29.9 Å². The van der Waals surface area contributed by atoms with Gasteiger partial charge in [0.1, 0.15) is 23.5 Å². The van der Waals surface area contributed by atoms with E-state index in [1.165, 1.54) is 0 Å². The Morgan fingerprint density at radius 3 is 2.31 bits per heavy atom. The molecule has 2 aliphatic rings. The van der Waals surface area contributed by atoms with Crippen LogP contribution in [0.15, 0.2) is 18.2 Å². The van der Waals surface area contributed by atoms with Crippen molar-refractivity contribution < 1.29 is 23.6 Å². The highest BCUT2D eigenvalue weighted by atomic mass is 16.7. The highest BCUT2D eigenvalue weighted by molar-refractivity contribution is 6.62. The number of hydrogen-bond acceptors (Lipinski definition) is 6. The molecule has 8 heteroatoms. The van der Waals surface area contributed by atoms with Crippen LogP contribution in [0.25, 0.3) is 0 Å². The second-order valence-corrected chi connectivity index (χ2v) is 9.58. The van der Waals surface area contributed by atoms with Crippen LogP contribution in [0, 0.1) is 11.3 Å². The van der Waals surface area contributed by atoms with Gasteiger partial charge in [-0.3, -0.25) is 0 Å². The minimum atomic E-state index is -0.535. The molecule has 7 nitrogen and oxygen atoms in total.